The number of nitrogens with one attached hydrogen (secondary N) is 1. The predicted octanol–water partition coefficient (Wildman–Crippen LogP) is 2.03. The maximum Gasteiger partial charge on any atom is 0.195 e. The lowest BCUT2D eigenvalue weighted by Crippen LogP contribution is -2.44. The van der Waals surface area contributed by atoms with Crippen LogP contribution in [-0.4, -0.2) is 52.1 Å². The number of sulfone groups is 1. The minimum absolute atomic E-state index is 0.0564. The normalized spacial score (nSPS) is 15.4. The predicted molar refractivity (Wildman–Crippen MR) is 106 cm³/mol. The fourth-order valence-corrected chi connectivity index (χ4v) is 4.60. The van der Waals surface area contributed by atoms with Crippen LogP contribution < -0.4 is 5.32 Å². The lowest BCUT2D eigenvalue weighted by atomic mass is 10.1. The SMILES string of the molecule is CS(=O)(=O)c1nn(Cc2nc3cc(Cl)ccc3n2C2CNC2)c2cnccc12. The van der Waals surface area contributed by atoms with Gasteiger partial charge in [-0.25, -0.2) is 13.4 Å². The van der Waals surface area contributed by atoms with E-state index in [0.29, 0.717) is 22.5 Å². The van der Waals surface area contributed by atoms with Crippen LogP contribution in [0.3, 0.4) is 0 Å². The first-order chi connectivity index (χ1) is 13.4. The molecular formula is C18H17ClN6O2S. The molecule has 28 heavy (non-hydrogen) atoms. The van der Waals surface area contributed by atoms with E-state index in [2.05, 4.69) is 20.0 Å². The zero-order valence-electron chi connectivity index (χ0n) is 15.0. The molecule has 8 nitrogen and oxygen atoms in total. The molecule has 0 aliphatic carbocycles. The van der Waals surface area contributed by atoms with Gasteiger partial charge in [-0.1, -0.05) is 11.6 Å². The average molecular weight is 417 g/mol. The summed E-state index contributed by atoms with van der Waals surface area (Å²) < 4.78 is 28.2. The van der Waals surface area contributed by atoms with Crippen molar-refractivity contribution in [3.8, 4) is 0 Å². The molecule has 0 unspecified atom stereocenters. The lowest BCUT2D eigenvalue weighted by molar-refractivity contribution is 0.340. The van der Waals surface area contributed by atoms with Gasteiger partial charge in [0.1, 0.15) is 5.82 Å². The van der Waals surface area contributed by atoms with Gasteiger partial charge >= 0.3 is 0 Å². The van der Waals surface area contributed by atoms with Gasteiger partial charge in [0.15, 0.2) is 14.9 Å². The van der Waals surface area contributed by atoms with E-state index in [9.17, 15) is 8.42 Å². The molecule has 144 valence electrons. The van der Waals surface area contributed by atoms with Crippen molar-refractivity contribution in [3.63, 3.8) is 0 Å². The molecule has 4 aromatic rings. The Hall–Kier alpha value is -2.49. The largest absolute Gasteiger partial charge is 0.321 e. The minimum Gasteiger partial charge on any atom is -0.321 e. The highest BCUT2D eigenvalue weighted by Gasteiger charge is 2.26. The summed E-state index contributed by atoms with van der Waals surface area (Å²) in [7, 11) is -3.47. The Morgan fingerprint density at radius 2 is 2.07 bits per heavy atom. The van der Waals surface area contributed by atoms with Gasteiger partial charge in [0, 0.05) is 36.0 Å². The average Bonchev–Trinajstić information content (AvgIpc) is 3.13. The first-order valence-electron chi connectivity index (χ1n) is 8.79. The quantitative estimate of drug-likeness (QED) is 0.547. The number of benzene rings is 1. The smallest absolute Gasteiger partial charge is 0.195 e. The molecule has 0 spiro atoms. The highest BCUT2D eigenvalue weighted by molar-refractivity contribution is 7.90. The van der Waals surface area contributed by atoms with Crippen molar-refractivity contribution in [1.29, 1.82) is 0 Å². The molecule has 4 heterocycles. The van der Waals surface area contributed by atoms with Crippen molar-refractivity contribution in [1.82, 2.24) is 29.6 Å². The Morgan fingerprint density at radius 1 is 1.25 bits per heavy atom. The van der Waals surface area contributed by atoms with Crippen LogP contribution in [0.5, 0.6) is 0 Å². The third-order valence-electron chi connectivity index (χ3n) is 5.01. The topological polar surface area (TPSA) is 94.7 Å². The Bertz CT molecular complexity index is 1320. The number of fused-ring (bicyclic) bond motifs is 2. The van der Waals surface area contributed by atoms with Crippen molar-refractivity contribution in [2.45, 2.75) is 17.6 Å². The second kappa shape index (κ2) is 6.26. The molecule has 1 aliphatic rings. The van der Waals surface area contributed by atoms with E-state index in [0.717, 1.165) is 36.2 Å². The summed E-state index contributed by atoms with van der Waals surface area (Å²) >= 11 is 6.15. The van der Waals surface area contributed by atoms with Crippen molar-refractivity contribution in [2.75, 3.05) is 19.3 Å². The highest BCUT2D eigenvalue weighted by Crippen LogP contribution is 2.28. The van der Waals surface area contributed by atoms with Gasteiger partial charge in [-0.3, -0.25) is 9.67 Å². The van der Waals surface area contributed by atoms with E-state index in [4.69, 9.17) is 16.6 Å². The van der Waals surface area contributed by atoms with Gasteiger partial charge < -0.3 is 9.88 Å². The second-order valence-corrected chi connectivity index (χ2v) is 9.34. The van der Waals surface area contributed by atoms with Crippen LogP contribution in [-0.2, 0) is 16.4 Å². The Morgan fingerprint density at radius 3 is 2.79 bits per heavy atom. The fraction of sp³-hybridized carbons (Fsp3) is 0.278. The van der Waals surface area contributed by atoms with Gasteiger partial charge in [0.05, 0.1) is 35.3 Å². The molecule has 1 fully saturated rings. The third-order valence-corrected chi connectivity index (χ3v) is 6.25. The van der Waals surface area contributed by atoms with Gasteiger partial charge in [-0.05, 0) is 24.3 Å². The van der Waals surface area contributed by atoms with E-state index in [1.807, 2.05) is 18.2 Å². The van der Waals surface area contributed by atoms with Crippen LogP contribution in [0.15, 0.2) is 41.7 Å². The summed E-state index contributed by atoms with van der Waals surface area (Å²) in [4.78, 5) is 8.91. The molecule has 1 aliphatic heterocycles. The number of aromatic nitrogens is 5. The molecule has 1 saturated heterocycles. The summed E-state index contributed by atoms with van der Waals surface area (Å²) in [5, 5.41) is 8.91. The van der Waals surface area contributed by atoms with E-state index in [1.165, 1.54) is 0 Å². The van der Waals surface area contributed by atoms with Crippen molar-refractivity contribution >= 4 is 43.4 Å². The Balaban J connectivity index is 1.69. The van der Waals surface area contributed by atoms with E-state index in [1.54, 1.807) is 23.1 Å². The van der Waals surface area contributed by atoms with Crippen molar-refractivity contribution < 1.29 is 8.42 Å². The number of hydrogen-bond acceptors (Lipinski definition) is 6. The summed E-state index contributed by atoms with van der Waals surface area (Å²) in [6.45, 7) is 2.05. The summed E-state index contributed by atoms with van der Waals surface area (Å²) in [5.41, 5.74) is 2.47. The lowest BCUT2D eigenvalue weighted by Gasteiger charge is -2.30. The molecule has 0 bridgehead atoms. The van der Waals surface area contributed by atoms with Gasteiger partial charge in [-0.2, -0.15) is 5.10 Å². The number of hydrogen-bond donors (Lipinski definition) is 1. The molecule has 0 radical (unpaired) electrons. The molecule has 0 amide bonds. The van der Waals surface area contributed by atoms with Crippen molar-refractivity contribution in [2.24, 2.45) is 0 Å². The molecule has 5 rings (SSSR count). The molecule has 0 atom stereocenters. The standard InChI is InChI=1S/C18H17ClN6O2S/c1-28(26,27)18-13-4-5-20-9-16(13)24(23-18)10-17-22-14-6-11(19)2-3-15(14)25(17)12-7-21-8-12/h2-6,9,12,21H,7-8,10H2,1H3. The second-order valence-electron chi connectivity index (χ2n) is 6.97. The van der Waals surface area contributed by atoms with Gasteiger partial charge in [0.2, 0.25) is 0 Å². The number of rotatable bonds is 4. The molecule has 3 aromatic heterocycles. The first kappa shape index (κ1) is 17.6. The van der Waals surface area contributed by atoms with Crippen LogP contribution in [0, 0.1) is 0 Å². The molecular weight excluding hydrogens is 400 g/mol. The summed E-state index contributed by atoms with van der Waals surface area (Å²) in [6.07, 6.45) is 4.36. The summed E-state index contributed by atoms with van der Waals surface area (Å²) in [6, 6.07) is 7.63. The molecule has 1 N–H and O–H groups in total. The fourth-order valence-electron chi connectivity index (χ4n) is 3.62. The number of imidazole rings is 1. The Kier molecular flexibility index (Phi) is 3.94. The Labute approximate surface area is 166 Å². The zero-order valence-corrected chi connectivity index (χ0v) is 16.6. The van der Waals surface area contributed by atoms with Crippen LogP contribution >= 0.6 is 11.6 Å². The number of pyridine rings is 1. The van der Waals surface area contributed by atoms with Gasteiger partial charge in [0.25, 0.3) is 0 Å². The monoisotopic (exact) mass is 416 g/mol. The maximum atomic E-state index is 12.2. The van der Waals surface area contributed by atoms with Crippen LogP contribution in [0.4, 0.5) is 0 Å². The highest BCUT2D eigenvalue weighted by atomic mass is 35.5. The molecule has 0 saturated carbocycles. The molecule has 10 heteroatoms. The number of halogens is 1. The molecule has 1 aromatic carbocycles. The van der Waals surface area contributed by atoms with E-state index < -0.39 is 9.84 Å². The van der Waals surface area contributed by atoms with Crippen LogP contribution in [0.2, 0.25) is 5.02 Å². The first-order valence-corrected chi connectivity index (χ1v) is 11.1. The van der Waals surface area contributed by atoms with Crippen LogP contribution in [0.25, 0.3) is 21.9 Å². The third kappa shape index (κ3) is 2.78. The van der Waals surface area contributed by atoms with Gasteiger partial charge in [-0.15, -0.1) is 0 Å². The minimum atomic E-state index is -3.47. The maximum absolute atomic E-state index is 12.2. The zero-order chi connectivity index (χ0) is 19.5. The van der Waals surface area contributed by atoms with Crippen LogP contribution in [0.1, 0.15) is 11.9 Å². The van der Waals surface area contributed by atoms with Crippen molar-refractivity contribution in [3.05, 3.63) is 47.5 Å². The summed E-state index contributed by atoms with van der Waals surface area (Å²) in [5.74, 6) is 0.803. The van der Waals surface area contributed by atoms with E-state index in [-0.39, 0.29) is 11.1 Å². The van der Waals surface area contributed by atoms with E-state index >= 15 is 0 Å². The number of nitrogens with zero attached hydrogens (tertiary/aromatic N) is 5.